The lowest BCUT2D eigenvalue weighted by atomic mass is 10.0. The molecule has 0 fully saturated rings. The van der Waals surface area contributed by atoms with E-state index in [1.54, 1.807) is 24.3 Å². The van der Waals surface area contributed by atoms with Gasteiger partial charge in [-0.05, 0) is 36.2 Å². The molecule has 1 heterocycles. The summed E-state index contributed by atoms with van der Waals surface area (Å²) >= 11 is 5.94. The number of urea groups is 1. The SMILES string of the molecule is CC(C)C(NC(=O)Nc1cccc(Cl)c1)c1nc2ccccc2[nH]1. The normalized spacial score (nSPS) is 12.3. The number of anilines is 1. The number of aromatic nitrogens is 2. The van der Waals surface area contributed by atoms with Crippen molar-refractivity contribution in [2.24, 2.45) is 5.92 Å². The van der Waals surface area contributed by atoms with E-state index in [1.807, 2.05) is 38.1 Å². The first kappa shape index (κ1) is 16.3. The van der Waals surface area contributed by atoms with Crippen molar-refractivity contribution in [3.63, 3.8) is 0 Å². The molecule has 0 saturated carbocycles. The number of halogens is 1. The fourth-order valence-electron chi connectivity index (χ4n) is 2.55. The Bertz CT molecular complexity index is 826. The molecule has 0 saturated heterocycles. The third kappa shape index (κ3) is 3.68. The Kier molecular flexibility index (Phi) is 4.71. The van der Waals surface area contributed by atoms with Crippen molar-refractivity contribution in [1.82, 2.24) is 15.3 Å². The van der Waals surface area contributed by atoms with Gasteiger partial charge in [0, 0.05) is 10.7 Å². The molecule has 3 rings (SSSR count). The maximum atomic E-state index is 12.3. The molecule has 0 aliphatic rings. The summed E-state index contributed by atoms with van der Waals surface area (Å²) in [6.45, 7) is 4.08. The molecule has 5 nitrogen and oxygen atoms in total. The second-order valence-electron chi connectivity index (χ2n) is 5.97. The van der Waals surface area contributed by atoms with E-state index in [0.29, 0.717) is 10.7 Å². The van der Waals surface area contributed by atoms with E-state index in [-0.39, 0.29) is 18.0 Å². The Morgan fingerprint density at radius 3 is 2.67 bits per heavy atom. The zero-order valence-electron chi connectivity index (χ0n) is 13.5. The van der Waals surface area contributed by atoms with Gasteiger partial charge in [0.2, 0.25) is 0 Å². The molecule has 2 amide bonds. The number of hydrogen-bond acceptors (Lipinski definition) is 2. The van der Waals surface area contributed by atoms with Crippen LogP contribution < -0.4 is 10.6 Å². The first-order chi connectivity index (χ1) is 11.5. The summed E-state index contributed by atoms with van der Waals surface area (Å²) in [5, 5.41) is 6.34. The number of H-pyrrole nitrogens is 1. The number of benzene rings is 2. The van der Waals surface area contributed by atoms with Crippen molar-refractivity contribution in [2.75, 3.05) is 5.32 Å². The highest BCUT2D eigenvalue weighted by Crippen LogP contribution is 2.22. The molecular formula is C18H19ClN4O. The van der Waals surface area contributed by atoms with Crippen LogP contribution in [0.5, 0.6) is 0 Å². The molecular weight excluding hydrogens is 324 g/mol. The summed E-state index contributed by atoms with van der Waals surface area (Å²) in [7, 11) is 0. The third-order valence-electron chi connectivity index (χ3n) is 3.74. The van der Waals surface area contributed by atoms with Crippen LogP contribution in [0.2, 0.25) is 5.02 Å². The Morgan fingerprint density at radius 1 is 1.17 bits per heavy atom. The van der Waals surface area contributed by atoms with Gasteiger partial charge >= 0.3 is 6.03 Å². The number of nitrogens with zero attached hydrogens (tertiary/aromatic N) is 1. The van der Waals surface area contributed by atoms with Crippen LogP contribution in [0, 0.1) is 5.92 Å². The molecule has 124 valence electrons. The van der Waals surface area contributed by atoms with Gasteiger partial charge in [0.05, 0.1) is 17.1 Å². The van der Waals surface area contributed by atoms with Crippen LogP contribution in [-0.4, -0.2) is 16.0 Å². The van der Waals surface area contributed by atoms with Gasteiger partial charge in [-0.2, -0.15) is 0 Å². The minimum Gasteiger partial charge on any atom is -0.340 e. The molecule has 0 aliphatic heterocycles. The van der Waals surface area contributed by atoms with E-state index < -0.39 is 0 Å². The summed E-state index contributed by atoms with van der Waals surface area (Å²) < 4.78 is 0. The number of hydrogen-bond donors (Lipinski definition) is 3. The van der Waals surface area contributed by atoms with Crippen LogP contribution in [0.15, 0.2) is 48.5 Å². The number of carbonyl (C=O) groups is 1. The van der Waals surface area contributed by atoms with E-state index >= 15 is 0 Å². The molecule has 1 unspecified atom stereocenters. The van der Waals surface area contributed by atoms with E-state index in [9.17, 15) is 4.79 Å². The average Bonchev–Trinajstić information content (AvgIpc) is 2.96. The number of carbonyl (C=O) groups excluding carboxylic acids is 1. The summed E-state index contributed by atoms with van der Waals surface area (Å²) in [5.41, 5.74) is 2.48. The lowest BCUT2D eigenvalue weighted by Crippen LogP contribution is -2.35. The monoisotopic (exact) mass is 342 g/mol. The molecule has 0 aliphatic carbocycles. The van der Waals surface area contributed by atoms with Gasteiger partial charge in [-0.25, -0.2) is 9.78 Å². The van der Waals surface area contributed by atoms with Gasteiger partial charge in [-0.1, -0.05) is 43.6 Å². The Balaban J connectivity index is 1.77. The smallest absolute Gasteiger partial charge is 0.319 e. The predicted octanol–water partition coefficient (Wildman–Crippen LogP) is 4.74. The van der Waals surface area contributed by atoms with Crippen molar-refractivity contribution in [3.05, 3.63) is 59.4 Å². The van der Waals surface area contributed by atoms with Crippen LogP contribution in [0.4, 0.5) is 10.5 Å². The third-order valence-corrected chi connectivity index (χ3v) is 3.97. The highest BCUT2D eigenvalue weighted by Gasteiger charge is 2.21. The zero-order valence-corrected chi connectivity index (χ0v) is 14.3. The average molecular weight is 343 g/mol. The molecule has 3 aromatic rings. The van der Waals surface area contributed by atoms with E-state index in [4.69, 9.17) is 11.6 Å². The zero-order chi connectivity index (χ0) is 17.1. The number of rotatable bonds is 4. The van der Waals surface area contributed by atoms with Crippen molar-refractivity contribution < 1.29 is 4.79 Å². The van der Waals surface area contributed by atoms with Gasteiger partial charge in [-0.3, -0.25) is 0 Å². The molecule has 1 aromatic heterocycles. The van der Waals surface area contributed by atoms with Crippen LogP contribution in [0.1, 0.15) is 25.7 Å². The van der Waals surface area contributed by atoms with Crippen LogP contribution >= 0.6 is 11.6 Å². The highest BCUT2D eigenvalue weighted by molar-refractivity contribution is 6.30. The van der Waals surface area contributed by atoms with Crippen molar-refractivity contribution in [3.8, 4) is 0 Å². The molecule has 1 atom stereocenters. The van der Waals surface area contributed by atoms with Gasteiger partial charge in [0.15, 0.2) is 0 Å². The second-order valence-corrected chi connectivity index (χ2v) is 6.41. The van der Waals surface area contributed by atoms with Gasteiger partial charge in [0.1, 0.15) is 5.82 Å². The van der Waals surface area contributed by atoms with Gasteiger partial charge < -0.3 is 15.6 Å². The molecule has 6 heteroatoms. The highest BCUT2D eigenvalue weighted by atomic mass is 35.5. The molecule has 0 spiro atoms. The fourth-order valence-corrected chi connectivity index (χ4v) is 2.74. The molecule has 24 heavy (non-hydrogen) atoms. The summed E-state index contributed by atoms with van der Waals surface area (Å²) in [6, 6.07) is 14.3. The Morgan fingerprint density at radius 2 is 1.96 bits per heavy atom. The standard InChI is InChI=1S/C18H19ClN4O/c1-11(2)16(17-21-14-8-3-4-9-15(14)22-17)23-18(24)20-13-7-5-6-12(19)10-13/h3-11,16H,1-2H3,(H,21,22)(H2,20,23,24). The lowest BCUT2D eigenvalue weighted by Gasteiger charge is -2.20. The largest absolute Gasteiger partial charge is 0.340 e. The van der Waals surface area contributed by atoms with Crippen molar-refractivity contribution >= 4 is 34.4 Å². The maximum absolute atomic E-state index is 12.3. The van der Waals surface area contributed by atoms with Crippen molar-refractivity contribution in [2.45, 2.75) is 19.9 Å². The number of aromatic amines is 1. The quantitative estimate of drug-likeness (QED) is 0.641. The number of para-hydroxylation sites is 2. The first-order valence-corrected chi connectivity index (χ1v) is 8.18. The summed E-state index contributed by atoms with van der Waals surface area (Å²) in [5.74, 6) is 0.920. The van der Waals surface area contributed by atoms with Crippen LogP contribution in [0.25, 0.3) is 11.0 Å². The molecule has 2 aromatic carbocycles. The molecule has 3 N–H and O–H groups in total. The van der Waals surface area contributed by atoms with Crippen molar-refractivity contribution in [1.29, 1.82) is 0 Å². The predicted molar refractivity (Wildman–Crippen MR) is 97.3 cm³/mol. The molecule has 0 radical (unpaired) electrons. The van der Waals surface area contributed by atoms with Gasteiger partial charge in [0.25, 0.3) is 0 Å². The van der Waals surface area contributed by atoms with Gasteiger partial charge in [-0.15, -0.1) is 0 Å². The Hall–Kier alpha value is -2.53. The maximum Gasteiger partial charge on any atom is 0.319 e. The minimum absolute atomic E-state index is 0.177. The second kappa shape index (κ2) is 6.93. The number of nitrogens with one attached hydrogen (secondary N) is 3. The Labute approximate surface area is 145 Å². The first-order valence-electron chi connectivity index (χ1n) is 7.80. The summed E-state index contributed by atoms with van der Waals surface area (Å²) in [6.07, 6.45) is 0. The fraction of sp³-hybridized carbons (Fsp3) is 0.222. The number of imidazole rings is 1. The van der Waals surface area contributed by atoms with Crippen LogP contribution in [-0.2, 0) is 0 Å². The minimum atomic E-state index is -0.295. The molecule has 0 bridgehead atoms. The number of fused-ring (bicyclic) bond motifs is 1. The van der Waals surface area contributed by atoms with E-state index in [0.717, 1.165) is 16.9 Å². The van der Waals surface area contributed by atoms with E-state index in [2.05, 4.69) is 20.6 Å². The number of amides is 2. The topological polar surface area (TPSA) is 69.8 Å². The van der Waals surface area contributed by atoms with Crippen LogP contribution in [0.3, 0.4) is 0 Å². The summed E-state index contributed by atoms with van der Waals surface area (Å²) in [4.78, 5) is 20.2. The van der Waals surface area contributed by atoms with E-state index in [1.165, 1.54) is 0 Å². The lowest BCUT2D eigenvalue weighted by molar-refractivity contribution is 0.244.